The van der Waals surface area contributed by atoms with Crippen LogP contribution in [0.1, 0.15) is 25.8 Å². The first-order chi connectivity index (χ1) is 9.95. The van der Waals surface area contributed by atoms with Crippen molar-refractivity contribution in [2.45, 2.75) is 33.0 Å². The van der Waals surface area contributed by atoms with Gasteiger partial charge in [0.2, 0.25) is 0 Å². The molecule has 0 saturated heterocycles. The lowest BCUT2D eigenvalue weighted by Gasteiger charge is -2.17. The SMILES string of the molecule is CCN(CC)CCCn1cnc2cc(C(F)(F)F)ccc21. The number of halogens is 3. The normalized spacial score (nSPS) is 12.5. The van der Waals surface area contributed by atoms with Crippen LogP contribution in [0.5, 0.6) is 0 Å². The molecule has 0 N–H and O–H groups in total. The van der Waals surface area contributed by atoms with E-state index in [4.69, 9.17) is 0 Å². The lowest BCUT2D eigenvalue weighted by atomic mass is 10.2. The minimum Gasteiger partial charge on any atom is -0.331 e. The van der Waals surface area contributed by atoms with Gasteiger partial charge in [-0.2, -0.15) is 13.2 Å². The highest BCUT2D eigenvalue weighted by Crippen LogP contribution is 2.31. The Hall–Kier alpha value is -1.56. The van der Waals surface area contributed by atoms with Crippen molar-refractivity contribution in [3.63, 3.8) is 0 Å². The van der Waals surface area contributed by atoms with Gasteiger partial charge in [-0.1, -0.05) is 13.8 Å². The zero-order valence-corrected chi connectivity index (χ0v) is 12.3. The summed E-state index contributed by atoms with van der Waals surface area (Å²) in [5.74, 6) is 0. The molecule has 0 aliphatic heterocycles. The van der Waals surface area contributed by atoms with Crippen LogP contribution in [0.2, 0.25) is 0 Å². The average molecular weight is 299 g/mol. The number of benzene rings is 1. The van der Waals surface area contributed by atoms with E-state index in [-0.39, 0.29) is 0 Å². The van der Waals surface area contributed by atoms with Gasteiger partial charge in [0.1, 0.15) is 0 Å². The van der Waals surface area contributed by atoms with Gasteiger partial charge in [0, 0.05) is 6.54 Å². The fourth-order valence-corrected chi connectivity index (χ4v) is 2.42. The molecule has 0 atom stereocenters. The number of hydrogen-bond donors (Lipinski definition) is 0. The molecule has 1 heterocycles. The minimum absolute atomic E-state index is 0.396. The Morgan fingerprint density at radius 2 is 1.90 bits per heavy atom. The Labute approximate surface area is 122 Å². The summed E-state index contributed by atoms with van der Waals surface area (Å²) >= 11 is 0. The van der Waals surface area contributed by atoms with E-state index in [0.717, 1.165) is 50.2 Å². The number of aryl methyl sites for hydroxylation is 1. The fraction of sp³-hybridized carbons (Fsp3) is 0.533. The van der Waals surface area contributed by atoms with Crippen LogP contribution >= 0.6 is 0 Å². The smallest absolute Gasteiger partial charge is 0.331 e. The second kappa shape index (κ2) is 6.47. The molecule has 0 amide bonds. The first-order valence-corrected chi connectivity index (χ1v) is 7.20. The molecule has 0 radical (unpaired) electrons. The Morgan fingerprint density at radius 1 is 1.19 bits per heavy atom. The summed E-state index contributed by atoms with van der Waals surface area (Å²) in [5, 5.41) is 0. The van der Waals surface area contributed by atoms with E-state index in [2.05, 4.69) is 23.7 Å². The van der Waals surface area contributed by atoms with Crippen molar-refractivity contribution in [1.82, 2.24) is 14.5 Å². The molecule has 0 saturated carbocycles. The largest absolute Gasteiger partial charge is 0.416 e. The van der Waals surface area contributed by atoms with Gasteiger partial charge >= 0.3 is 6.18 Å². The highest BCUT2D eigenvalue weighted by Gasteiger charge is 2.30. The van der Waals surface area contributed by atoms with Crippen molar-refractivity contribution in [3.8, 4) is 0 Å². The summed E-state index contributed by atoms with van der Waals surface area (Å²) in [6.07, 6.45) is -1.75. The highest BCUT2D eigenvalue weighted by molar-refractivity contribution is 5.76. The molecule has 21 heavy (non-hydrogen) atoms. The molecule has 0 aliphatic rings. The molecule has 0 unspecified atom stereocenters. The molecule has 1 aromatic heterocycles. The standard InChI is InChI=1S/C15H20F3N3/c1-3-20(4-2)8-5-9-21-11-19-13-10-12(15(16,17)18)6-7-14(13)21/h6-7,10-11H,3-5,8-9H2,1-2H3. The molecular weight excluding hydrogens is 279 g/mol. The van der Waals surface area contributed by atoms with Crippen molar-refractivity contribution in [2.24, 2.45) is 0 Å². The number of aromatic nitrogens is 2. The topological polar surface area (TPSA) is 21.1 Å². The predicted octanol–water partition coefficient (Wildman–Crippen LogP) is 3.79. The maximum absolute atomic E-state index is 12.7. The third-order valence-corrected chi connectivity index (χ3v) is 3.72. The summed E-state index contributed by atoms with van der Waals surface area (Å²) < 4.78 is 39.9. The van der Waals surface area contributed by atoms with Crippen LogP contribution in [0.4, 0.5) is 13.2 Å². The van der Waals surface area contributed by atoms with E-state index in [0.29, 0.717) is 5.52 Å². The first kappa shape index (κ1) is 15.8. The molecule has 1 aromatic carbocycles. The van der Waals surface area contributed by atoms with E-state index >= 15 is 0 Å². The molecule has 2 rings (SSSR count). The number of rotatable bonds is 6. The van der Waals surface area contributed by atoms with Crippen LogP contribution in [0.15, 0.2) is 24.5 Å². The van der Waals surface area contributed by atoms with Crippen molar-refractivity contribution < 1.29 is 13.2 Å². The minimum atomic E-state index is -4.32. The monoisotopic (exact) mass is 299 g/mol. The van der Waals surface area contributed by atoms with Crippen LogP contribution < -0.4 is 0 Å². The summed E-state index contributed by atoms with van der Waals surface area (Å²) in [6, 6.07) is 3.73. The third kappa shape index (κ3) is 3.75. The molecule has 0 aliphatic carbocycles. The maximum Gasteiger partial charge on any atom is 0.416 e. The van der Waals surface area contributed by atoms with Crippen LogP contribution in [0.3, 0.4) is 0 Å². The van der Waals surface area contributed by atoms with Gasteiger partial charge in [-0.25, -0.2) is 4.98 Å². The second-order valence-electron chi connectivity index (χ2n) is 5.02. The van der Waals surface area contributed by atoms with Crippen molar-refractivity contribution >= 4 is 11.0 Å². The lowest BCUT2D eigenvalue weighted by Crippen LogP contribution is -2.24. The van der Waals surface area contributed by atoms with Gasteiger partial charge in [-0.3, -0.25) is 0 Å². The van der Waals surface area contributed by atoms with Crippen LogP contribution in [0, 0.1) is 0 Å². The van der Waals surface area contributed by atoms with E-state index in [1.807, 2.05) is 4.57 Å². The number of alkyl halides is 3. The lowest BCUT2D eigenvalue weighted by molar-refractivity contribution is -0.137. The zero-order chi connectivity index (χ0) is 15.5. The molecular formula is C15H20F3N3. The number of imidazole rings is 1. The first-order valence-electron chi connectivity index (χ1n) is 7.20. The van der Waals surface area contributed by atoms with Gasteiger partial charge in [0.05, 0.1) is 22.9 Å². The summed E-state index contributed by atoms with van der Waals surface area (Å²) in [7, 11) is 0. The van der Waals surface area contributed by atoms with E-state index in [9.17, 15) is 13.2 Å². The predicted molar refractivity (Wildman–Crippen MR) is 77.1 cm³/mol. The molecule has 0 fully saturated rings. The van der Waals surface area contributed by atoms with Gasteiger partial charge in [-0.05, 0) is 44.3 Å². The fourth-order valence-electron chi connectivity index (χ4n) is 2.42. The molecule has 3 nitrogen and oxygen atoms in total. The Bertz CT molecular complexity index is 585. The van der Waals surface area contributed by atoms with E-state index in [1.54, 1.807) is 6.33 Å². The zero-order valence-electron chi connectivity index (χ0n) is 12.3. The average Bonchev–Trinajstić information content (AvgIpc) is 2.85. The van der Waals surface area contributed by atoms with Gasteiger partial charge < -0.3 is 9.47 Å². The molecule has 6 heteroatoms. The molecule has 0 bridgehead atoms. The van der Waals surface area contributed by atoms with Gasteiger partial charge in [0.15, 0.2) is 0 Å². The highest BCUT2D eigenvalue weighted by atomic mass is 19.4. The van der Waals surface area contributed by atoms with Gasteiger partial charge in [-0.15, -0.1) is 0 Å². The van der Waals surface area contributed by atoms with E-state index in [1.165, 1.54) is 6.07 Å². The van der Waals surface area contributed by atoms with Crippen molar-refractivity contribution in [3.05, 3.63) is 30.1 Å². The third-order valence-electron chi connectivity index (χ3n) is 3.72. The van der Waals surface area contributed by atoms with Crippen molar-refractivity contribution in [2.75, 3.05) is 19.6 Å². The summed E-state index contributed by atoms with van der Waals surface area (Å²) in [4.78, 5) is 6.40. The number of fused-ring (bicyclic) bond motifs is 1. The number of hydrogen-bond acceptors (Lipinski definition) is 2. The van der Waals surface area contributed by atoms with E-state index < -0.39 is 11.7 Å². The Morgan fingerprint density at radius 3 is 2.52 bits per heavy atom. The van der Waals surface area contributed by atoms with Crippen LogP contribution in [0.25, 0.3) is 11.0 Å². The molecule has 2 aromatic rings. The second-order valence-corrected chi connectivity index (χ2v) is 5.02. The quantitative estimate of drug-likeness (QED) is 0.809. The van der Waals surface area contributed by atoms with Crippen LogP contribution in [-0.2, 0) is 12.7 Å². The Kier molecular flexibility index (Phi) is 4.88. The Balaban J connectivity index is 2.08. The molecule has 116 valence electrons. The van der Waals surface area contributed by atoms with Gasteiger partial charge in [0.25, 0.3) is 0 Å². The summed E-state index contributed by atoms with van der Waals surface area (Å²) in [6.45, 7) is 8.00. The van der Waals surface area contributed by atoms with Crippen LogP contribution in [-0.4, -0.2) is 34.1 Å². The molecule has 0 spiro atoms. The summed E-state index contributed by atoms with van der Waals surface area (Å²) in [5.41, 5.74) is 0.499. The maximum atomic E-state index is 12.7. The number of nitrogens with zero attached hydrogens (tertiary/aromatic N) is 3. The van der Waals surface area contributed by atoms with Crippen molar-refractivity contribution in [1.29, 1.82) is 0 Å².